The molecule has 0 unspecified atom stereocenters. The summed E-state index contributed by atoms with van der Waals surface area (Å²) in [7, 11) is 0. The highest BCUT2D eigenvalue weighted by Crippen LogP contribution is 2.12. The summed E-state index contributed by atoms with van der Waals surface area (Å²) in [5.74, 6) is 2.31. The van der Waals surface area contributed by atoms with E-state index in [4.69, 9.17) is 9.15 Å². The standard InChI is InChI=1S/C15H27NO2/c1-12(2)5-7-17-11-15-14(6-8-18-15)10-16-9-13(3)4/h6,8,12-13,16H,5,7,9-11H2,1-4H3. The molecule has 3 nitrogen and oxygen atoms in total. The van der Waals surface area contributed by atoms with Crippen molar-refractivity contribution < 1.29 is 9.15 Å². The first-order chi connectivity index (χ1) is 8.59. The Morgan fingerprint density at radius 3 is 2.67 bits per heavy atom. The van der Waals surface area contributed by atoms with Crippen LogP contribution in [0.2, 0.25) is 0 Å². The molecule has 0 spiro atoms. The minimum atomic E-state index is 0.582. The van der Waals surface area contributed by atoms with Crippen LogP contribution >= 0.6 is 0 Å². The SMILES string of the molecule is CC(C)CCOCc1occc1CNCC(C)C. The molecule has 0 radical (unpaired) electrons. The summed E-state index contributed by atoms with van der Waals surface area (Å²) in [6.07, 6.45) is 2.84. The van der Waals surface area contributed by atoms with Gasteiger partial charge in [-0.15, -0.1) is 0 Å². The van der Waals surface area contributed by atoms with Gasteiger partial charge >= 0.3 is 0 Å². The molecule has 104 valence electrons. The van der Waals surface area contributed by atoms with Crippen molar-refractivity contribution in [2.75, 3.05) is 13.2 Å². The zero-order chi connectivity index (χ0) is 13.4. The molecule has 0 fully saturated rings. The van der Waals surface area contributed by atoms with Crippen LogP contribution in [-0.2, 0) is 17.9 Å². The maximum absolute atomic E-state index is 5.64. The number of ether oxygens (including phenoxy) is 1. The molecule has 1 N–H and O–H groups in total. The van der Waals surface area contributed by atoms with Crippen LogP contribution in [0.4, 0.5) is 0 Å². The largest absolute Gasteiger partial charge is 0.467 e. The van der Waals surface area contributed by atoms with Crippen LogP contribution in [0.1, 0.15) is 45.4 Å². The smallest absolute Gasteiger partial charge is 0.133 e. The molecule has 18 heavy (non-hydrogen) atoms. The second-order valence-electron chi connectivity index (χ2n) is 5.63. The minimum absolute atomic E-state index is 0.582. The van der Waals surface area contributed by atoms with Crippen LogP contribution in [0.25, 0.3) is 0 Å². The average Bonchev–Trinajstić information content (AvgIpc) is 2.71. The Bertz CT molecular complexity index is 318. The van der Waals surface area contributed by atoms with Crippen molar-refractivity contribution in [3.05, 3.63) is 23.7 Å². The predicted molar refractivity (Wildman–Crippen MR) is 74.4 cm³/mol. The van der Waals surface area contributed by atoms with Crippen LogP contribution in [0.5, 0.6) is 0 Å². The van der Waals surface area contributed by atoms with Crippen molar-refractivity contribution in [3.63, 3.8) is 0 Å². The number of hydrogen-bond acceptors (Lipinski definition) is 3. The fourth-order valence-corrected chi connectivity index (χ4v) is 1.63. The first-order valence-corrected chi connectivity index (χ1v) is 6.93. The second kappa shape index (κ2) is 8.33. The van der Waals surface area contributed by atoms with Gasteiger partial charge in [-0.05, 0) is 30.9 Å². The van der Waals surface area contributed by atoms with Crippen molar-refractivity contribution in [1.29, 1.82) is 0 Å². The first-order valence-electron chi connectivity index (χ1n) is 6.93. The van der Waals surface area contributed by atoms with E-state index in [-0.39, 0.29) is 0 Å². The molecule has 0 saturated carbocycles. The Labute approximate surface area is 111 Å². The number of furan rings is 1. The fourth-order valence-electron chi connectivity index (χ4n) is 1.63. The molecule has 0 aliphatic rings. The van der Waals surface area contributed by atoms with Gasteiger partial charge in [0.1, 0.15) is 12.4 Å². The zero-order valence-corrected chi connectivity index (χ0v) is 12.2. The monoisotopic (exact) mass is 253 g/mol. The Hall–Kier alpha value is -0.800. The molecule has 1 aromatic heterocycles. The van der Waals surface area contributed by atoms with Crippen LogP contribution < -0.4 is 5.32 Å². The highest BCUT2D eigenvalue weighted by molar-refractivity contribution is 5.16. The van der Waals surface area contributed by atoms with Gasteiger partial charge in [0.05, 0.1) is 6.26 Å². The number of rotatable bonds is 9. The lowest BCUT2D eigenvalue weighted by Gasteiger charge is -2.08. The molecular weight excluding hydrogens is 226 g/mol. The second-order valence-corrected chi connectivity index (χ2v) is 5.63. The van der Waals surface area contributed by atoms with Gasteiger partial charge in [0.2, 0.25) is 0 Å². The van der Waals surface area contributed by atoms with E-state index >= 15 is 0 Å². The van der Waals surface area contributed by atoms with E-state index in [1.54, 1.807) is 6.26 Å². The van der Waals surface area contributed by atoms with E-state index < -0.39 is 0 Å². The van der Waals surface area contributed by atoms with Gasteiger partial charge in [-0.1, -0.05) is 27.7 Å². The lowest BCUT2D eigenvalue weighted by molar-refractivity contribution is 0.0962. The van der Waals surface area contributed by atoms with Gasteiger partial charge in [-0.2, -0.15) is 0 Å². The Balaban J connectivity index is 2.26. The van der Waals surface area contributed by atoms with Crippen molar-refractivity contribution in [1.82, 2.24) is 5.32 Å². The molecule has 0 aliphatic heterocycles. The summed E-state index contributed by atoms with van der Waals surface area (Å²) < 4.78 is 11.1. The molecule has 0 amide bonds. The zero-order valence-electron chi connectivity index (χ0n) is 12.2. The molecule has 0 aliphatic carbocycles. The molecule has 0 atom stereocenters. The van der Waals surface area contributed by atoms with Crippen molar-refractivity contribution in [2.45, 2.75) is 47.3 Å². The van der Waals surface area contributed by atoms with Crippen LogP contribution in [0, 0.1) is 11.8 Å². The summed E-state index contributed by atoms with van der Waals surface area (Å²) in [6.45, 7) is 12.1. The minimum Gasteiger partial charge on any atom is -0.467 e. The number of nitrogens with one attached hydrogen (secondary N) is 1. The molecule has 1 rings (SSSR count). The lowest BCUT2D eigenvalue weighted by Crippen LogP contribution is -2.19. The highest BCUT2D eigenvalue weighted by atomic mass is 16.5. The van der Waals surface area contributed by atoms with Gasteiger partial charge in [0.25, 0.3) is 0 Å². The summed E-state index contributed by atoms with van der Waals surface area (Å²) in [5, 5.41) is 3.42. The third kappa shape index (κ3) is 6.22. The van der Waals surface area contributed by atoms with E-state index in [0.29, 0.717) is 18.4 Å². The molecule has 1 heterocycles. The van der Waals surface area contributed by atoms with E-state index in [2.05, 4.69) is 33.0 Å². The van der Waals surface area contributed by atoms with Gasteiger partial charge in [-0.3, -0.25) is 0 Å². The molecule has 0 aromatic carbocycles. The summed E-state index contributed by atoms with van der Waals surface area (Å²) in [5.41, 5.74) is 1.21. The van der Waals surface area contributed by atoms with Crippen molar-refractivity contribution >= 4 is 0 Å². The van der Waals surface area contributed by atoms with Crippen LogP contribution in [0.3, 0.4) is 0 Å². The van der Waals surface area contributed by atoms with Crippen LogP contribution in [-0.4, -0.2) is 13.2 Å². The summed E-state index contributed by atoms with van der Waals surface area (Å²) >= 11 is 0. The van der Waals surface area contributed by atoms with Gasteiger partial charge in [0.15, 0.2) is 0 Å². The maximum atomic E-state index is 5.64. The van der Waals surface area contributed by atoms with Gasteiger partial charge in [-0.25, -0.2) is 0 Å². The third-order valence-electron chi connectivity index (χ3n) is 2.78. The summed E-state index contributed by atoms with van der Waals surface area (Å²) in [4.78, 5) is 0. The van der Waals surface area contributed by atoms with Crippen LogP contribution in [0.15, 0.2) is 16.7 Å². The average molecular weight is 253 g/mol. The van der Waals surface area contributed by atoms with Crippen molar-refractivity contribution in [3.8, 4) is 0 Å². The van der Waals surface area contributed by atoms with Gasteiger partial charge < -0.3 is 14.5 Å². The quantitative estimate of drug-likeness (QED) is 0.683. The molecular formula is C15H27NO2. The molecule has 0 saturated heterocycles. The third-order valence-corrected chi connectivity index (χ3v) is 2.78. The maximum Gasteiger partial charge on any atom is 0.133 e. The Morgan fingerprint density at radius 1 is 1.22 bits per heavy atom. The fraction of sp³-hybridized carbons (Fsp3) is 0.733. The van der Waals surface area contributed by atoms with E-state index in [0.717, 1.165) is 31.9 Å². The van der Waals surface area contributed by atoms with Crippen molar-refractivity contribution in [2.24, 2.45) is 11.8 Å². The Kier molecular flexibility index (Phi) is 7.06. The highest BCUT2D eigenvalue weighted by Gasteiger charge is 2.06. The summed E-state index contributed by atoms with van der Waals surface area (Å²) in [6, 6.07) is 2.02. The molecule has 1 aromatic rings. The normalized spacial score (nSPS) is 11.7. The Morgan fingerprint density at radius 2 is 2.00 bits per heavy atom. The molecule has 3 heteroatoms. The van der Waals surface area contributed by atoms with E-state index in [1.807, 2.05) is 6.07 Å². The predicted octanol–water partition coefficient (Wildman–Crippen LogP) is 3.59. The van der Waals surface area contributed by atoms with E-state index in [1.165, 1.54) is 5.56 Å². The first kappa shape index (κ1) is 15.3. The molecule has 0 bridgehead atoms. The van der Waals surface area contributed by atoms with Gasteiger partial charge in [0, 0.05) is 18.7 Å². The topological polar surface area (TPSA) is 34.4 Å². The number of hydrogen-bond donors (Lipinski definition) is 1. The van der Waals surface area contributed by atoms with E-state index in [9.17, 15) is 0 Å². The lowest BCUT2D eigenvalue weighted by atomic mass is 10.1.